The van der Waals surface area contributed by atoms with Gasteiger partial charge in [-0.2, -0.15) is 0 Å². The molecule has 27 heavy (non-hydrogen) atoms. The highest BCUT2D eigenvalue weighted by Crippen LogP contribution is 2.47. The van der Waals surface area contributed by atoms with Gasteiger partial charge in [-0.05, 0) is 78.0 Å². The van der Waals surface area contributed by atoms with Crippen LogP contribution in [0.2, 0.25) is 0 Å². The highest BCUT2D eigenvalue weighted by Gasteiger charge is 2.43. The molecule has 5 atom stereocenters. The van der Waals surface area contributed by atoms with Crippen molar-refractivity contribution < 1.29 is 10.2 Å². The first-order valence-corrected chi connectivity index (χ1v) is 10.9. The van der Waals surface area contributed by atoms with Crippen molar-refractivity contribution in [2.45, 2.75) is 70.5 Å². The minimum Gasteiger partial charge on any atom is -0.392 e. The number of unbranched alkanes of at least 4 members (excludes halogenated alkanes) is 1. The highest BCUT2D eigenvalue weighted by atomic mass is 16.3. The Hall–Kier alpha value is -0.680. The molecular formula is C23H42N2O2. The molecule has 0 aromatic heterocycles. The van der Waals surface area contributed by atoms with Crippen molar-refractivity contribution in [1.82, 2.24) is 10.2 Å². The second kappa shape index (κ2) is 10.8. The summed E-state index contributed by atoms with van der Waals surface area (Å²) >= 11 is 0. The Bertz CT molecular complexity index is 499. The average Bonchev–Trinajstić information content (AvgIpc) is 3.10. The quantitative estimate of drug-likeness (QED) is 0.360. The molecule has 4 nitrogen and oxygen atoms in total. The molecule has 3 N–H and O–H groups in total. The van der Waals surface area contributed by atoms with E-state index in [-0.39, 0.29) is 12.0 Å². The van der Waals surface area contributed by atoms with Gasteiger partial charge in [0.15, 0.2) is 0 Å². The number of aliphatic hydroxyl groups excluding tert-OH is 1. The molecule has 2 rings (SSSR count). The lowest BCUT2D eigenvalue weighted by Gasteiger charge is -2.22. The summed E-state index contributed by atoms with van der Waals surface area (Å²) < 4.78 is 0. The van der Waals surface area contributed by atoms with Crippen molar-refractivity contribution in [3.05, 3.63) is 23.8 Å². The Kier molecular flexibility index (Phi) is 9.00. The van der Waals surface area contributed by atoms with Crippen molar-refractivity contribution >= 4 is 0 Å². The summed E-state index contributed by atoms with van der Waals surface area (Å²) in [5, 5.41) is 24.5. The first kappa shape index (κ1) is 22.6. The summed E-state index contributed by atoms with van der Waals surface area (Å²) in [5.74, 6) is 1.30. The third-order valence-corrected chi connectivity index (χ3v) is 6.25. The Labute approximate surface area is 166 Å². The van der Waals surface area contributed by atoms with E-state index in [1.807, 2.05) is 6.92 Å². The van der Waals surface area contributed by atoms with Gasteiger partial charge >= 0.3 is 0 Å². The number of rotatable bonds is 12. The van der Waals surface area contributed by atoms with Gasteiger partial charge < -0.3 is 20.4 Å². The maximum absolute atomic E-state index is 10.5. The van der Waals surface area contributed by atoms with Crippen LogP contribution in [0, 0.1) is 17.8 Å². The molecule has 1 saturated carbocycles. The smallest absolute Gasteiger partial charge is 0.0654 e. The number of hydrogen-bond donors (Lipinski definition) is 3. The lowest BCUT2D eigenvalue weighted by atomic mass is 9.88. The molecular weight excluding hydrogens is 336 g/mol. The third-order valence-electron chi connectivity index (χ3n) is 6.25. The number of fused-ring (bicyclic) bond motifs is 1. The zero-order valence-electron chi connectivity index (χ0n) is 18.0. The summed E-state index contributed by atoms with van der Waals surface area (Å²) in [4.78, 5) is 2.22. The van der Waals surface area contributed by atoms with Gasteiger partial charge in [-0.15, -0.1) is 0 Å². The normalized spacial score (nSPS) is 30.1. The number of hydrogen-bond acceptors (Lipinski definition) is 4. The number of aliphatic hydroxyl groups is 2. The standard InChI is InChI=1S/C23H42N2O2/c1-5-6-10-23(2,27)11-7-9-20-21-15-18(14-19(21)16-22(20)26)17-24-12-8-13-25(3)4/h7,9,14,19-22,24,26-27H,5-6,8,10-13,15-17H2,1-4H3/b9-7+/t19-,20+,21-,22+,23-/m0/s1. The minimum absolute atomic E-state index is 0.234. The van der Waals surface area contributed by atoms with Crippen LogP contribution in [0.25, 0.3) is 0 Å². The second-order valence-electron chi connectivity index (χ2n) is 9.30. The molecule has 0 spiro atoms. The number of nitrogens with one attached hydrogen (secondary N) is 1. The van der Waals surface area contributed by atoms with Crippen LogP contribution < -0.4 is 5.32 Å². The van der Waals surface area contributed by atoms with Gasteiger partial charge in [-0.25, -0.2) is 0 Å². The van der Waals surface area contributed by atoms with Crippen molar-refractivity contribution in [1.29, 1.82) is 0 Å². The van der Waals surface area contributed by atoms with Crippen LogP contribution in [0.4, 0.5) is 0 Å². The van der Waals surface area contributed by atoms with Gasteiger partial charge in [0, 0.05) is 12.5 Å². The van der Waals surface area contributed by atoms with E-state index < -0.39 is 5.60 Å². The fourth-order valence-corrected chi connectivity index (χ4v) is 4.64. The van der Waals surface area contributed by atoms with E-state index in [0.717, 1.165) is 51.7 Å². The second-order valence-corrected chi connectivity index (χ2v) is 9.30. The summed E-state index contributed by atoms with van der Waals surface area (Å²) in [6, 6.07) is 0. The van der Waals surface area contributed by atoms with E-state index in [1.165, 1.54) is 12.0 Å². The predicted molar refractivity (Wildman–Crippen MR) is 114 cm³/mol. The van der Waals surface area contributed by atoms with Crippen molar-refractivity contribution in [2.24, 2.45) is 17.8 Å². The summed E-state index contributed by atoms with van der Waals surface area (Å²) in [6.07, 6.45) is 13.4. The van der Waals surface area contributed by atoms with Crippen molar-refractivity contribution in [3.63, 3.8) is 0 Å². The molecule has 2 aliphatic rings. The predicted octanol–water partition coefficient (Wildman–Crippen LogP) is 3.36. The number of nitrogens with zero attached hydrogens (tertiary/aromatic N) is 1. The molecule has 0 aliphatic heterocycles. The molecule has 0 heterocycles. The first-order valence-electron chi connectivity index (χ1n) is 10.9. The lowest BCUT2D eigenvalue weighted by Crippen LogP contribution is -2.24. The lowest BCUT2D eigenvalue weighted by molar-refractivity contribution is 0.0513. The van der Waals surface area contributed by atoms with Gasteiger partial charge in [0.1, 0.15) is 0 Å². The van der Waals surface area contributed by atoms with E-state index in [9.17, 15) is 10.2 Å². The molecule has 0 saturated heterocycles. The number of allylic oxidation sites excluding steroid dienone is 1. The van der Waals surface area contributed by atoms with Crippen LogP contribution in [0.3, 0.4) is 0 Å². The van der Waals surface area contributed by atoms with Gasteiger partial charge in [0.25, 0.3) is 0 Å². The van der Waals surface area contributed by atoms with Crippen LogP contribution in [0.15, 0.2) is 23.8 Å². The Morgan fingerprint density at radius 2 is 2.11 bits per heavy atom. The molecule has 4 heteroatoms. The van der Waals surface area contributed by atoms with Gasteiger partial charge in [-0.1, -0.05) is 43.6 Å². The van der Waals surface area contributed by atoms with Crippen LogP contribution in [0.1, 0.15) is 58.8 Å². The van der Waals surface area contributed by atoms with Crippen molar-refractivity contribution in [2.75, 3.05) is 33.7 Å². The topological polar surface area (TPSA) is 55.7 Å². The fraction of sp³-hybridized carbons (Fsp3) is 0.826. The molecule has 1 fully saturated rings. The molecule has 0 amide bonds. The van der Waals surface area contributed by atoms with Gasteiger partial charge in [-0.3, -0.25) is 0 Å². The third kappa shape index (κ3) is 7.34. The van der Waals surface area contributed by atoms with E-state index in [0.29, 0.717) is 18.3 Å². The molecule has 0 radical (unpaired) electrons. The molecule has 0 aromatic rings. The maximum atomic E-state index is 10.5. The Morgan fingerprint density at radius 1 is 1.33 bits per heavy atom. The van der Waals surface area contributed by atoms with E-state index in [2.05, 4.69) is 49.5 Å². The Morgan fingerprint density at radius 3 is 2.81 bits per heavy atom. The fourth-order valence-electron chi connectivity index (χ4n) is 4.64. The summed E-state index contributed by atoms with van der Waals surface area (Å²) in [5.41, 5.74) is 0.889. The van der Waals surface area contributed by atoms with Gasteiger partial charge in [0.2, 0.25) is 0 Å². The summed E-state index contributed by atoms with van der Waals surface area (Å²) in [7, 11) is 4.23. The van der Waals surface area contributed by atoms with Crippen molar-refractivity contribution in [3.8, 4) is 0 Å². The molecule has 0 aromatic carbocycles. The zero-order valence-corrected chi connectivity index (χ0v) is 18.0. The highest BCUT2D eigenvalue weighted by molar-refractivity contribution is 5.21. The monoisotopic (exact) mass is 378 g/mol. The molecule has 0 bridgehead atoms. The Balaban J connectivity index is 1.77. The molecule has 2 aliphatic carbocycles. The van der Waals surface area contributed by atoms with Gasteiger partial charge in [0.05, 0.1) is 11.7 Å². The SMILES string of the molecule is CCCC[C@](C)(O)C/C=C/[C@@H]1[C@H]2CC(CNCCCN(C)C)=C[C@H]2C[C@H]1O. The van der Waals surface area contributed by atoms with Crippen LogP contribution >= 0.6 is 0 Å². The van der Waals surface area contributed by atoms with Crippen LogP contribution in [-0.2, 0) is 0 Å². The van der Waals surface area contributed by atoms with E-state index >= 15 is 0 Å². The average molecular weight is 379 g/mol. The van der Waals surface area contributed by atoms with E-state index in [4.69, 9.17) is 0 Å². The van der Waals surface area contributed by atoms with E-state index in [1.54, 1.807) is 0 Å². The molecule has 0 unspecified atom stereocenters. The maximum Gasteiger partial charge on any atom is 0.0654 e. The van der Waals surface area contributed by atoms with Crippen LogP contribution in [-0.4, -0.2) is 60.5 Å². The van der Waals surface area contributed by atoms with Crippen LogP contribution in [0.5, 0.6) is 0 Å². The summed E-state index contributed by atoms with van der Waals surface area (Å²) in [6.45, 7) is 7.25. The molecule has 156 valence electrons. The zero-order chi connectivity index (χ0) is 19.9. The first-order chi connectivity index (χ1) is 12.8. The minimum atomic E-state index is -0.620. The largest absolute Gasteiger partial charge is 0.392 e.